The maximum atomic E-state index is 12.6. The zero-order valence-corrected chi connectivity index (χ0v) is 14.7. The molecule has 11 heteroatoms. The highest BCUT2D eigenvalue weighted by molar-refractivity contribution is 7.13. The fourth-order valence-corrected chi connectivity index (χ4v) is 3.21. The van der Waals surface area contributed by atoms with E-state index in [0.717, 1.165) is 4.68 Å². The lowest BCUT2D eigenvalue weighted by Gasteiger charge is -2.09. The minimum Gasteiger partial charge on any atom is -0.323 e. The van der Waals surface area contributed by atoms with Crippen LogP contribution in [0.5, 0.6) is 0 Å². The van der Waals surface area contributed by atoms with Crippen molar-refractivity contribution in [1.29, 1.82) is 0 Å². The Balaban J connectivity index is 1.75. The first-order valence-electron chi connectivity index (χ1n) is 7.57. The van der Waals surface area contributed by atoms with Gasteiger partial charge < -0.3 is 5.32 Å². The first kappa shape index (κ1) is 18.1. The van der Waals surface area contributed by atoms with Crippen molar-refractivity contribution in [3.63, 3.8) is 0 Å². The smallest absolute Gasteiger partial charge is 0.323 e. The van der Waals surface area contributed by atoms with Gasteiger partial charge in [0.05, 0.1) is 24.0 Å². The molecule has 0 radical (unpaired) electrons. The number of carbonyl (C=O) groups is 1. The van der Waals surface area contributed by atoms with E-state index in [9.17, 15) is 18.0 Å². The van der Waals surface area contributed by atoms with Crippen molar-refractivity contribution in [1.82, 2.24) is 25.0 Å². The highest BCUT2D eigenvalue weighted by Gasteiger charge is 2.30. The molecular weight excluding hydrogens is 369 g/mol. The van der Waals surface area contributed by atoms with Gasteiger partial charge in [-0.25, -0.2) is 4.98 Å². The van der Waals surface area contributed by atoms with Gasteiger partial charge in [0.2, 0.25) is 5.91 Å². The predicted octanol–water partition coefficient (Wildman–Crippen LogP) is 3.09. The minimum absolute atomic E-state index is 0.0853. The maximum absolute atomic E-state index is 12.6. The average Bonchev–Trinajstić information content (AvgIpc) is 3.24. The molecule has 3 aromatic heterocycles. The monoisotopic (exact) mass is 384 g/mol. The number of H-pyrrole nitrogens is 1. The molecule has 0 aliphatic carbocycles. The second-order valence-corrected chi connectivity index (χ2v) is 6.54. The first-order valence-corrected chi connectivity index (χ1v) is 8.45. The van der Waals surface area contributed by atoms with Crippen LogP contribution in [-0.4, -0.2) is 37.0 Å². The number of amides is 1. The Hall–Kier alpha value is -2.69. The Morgan fingerprint density at radius 3 is 2.81 bits per heavy atom. The van der Waals surface area contributed by atoms with Gasteiger partial charge in [-0.05, 0) is 13.8 Å². The molecule has 26 heavy (non-hydrogen) atoms. The van der Waals surface area contributed by atoms with Gasteiger partial charge in [-0.1, -0.05) is 0 Å². The number of thiazole rings is 1. The number of rotatable bonds is 5. The number of carbonyl (C=O) groups excluding carboxylic acids is 1. The highest BCUT2D eigenvalue weighted by atomic mass is 32.1. The van der Waals surface area contributed by atoms with Gasteiger partial charge in [0.15, 0.2) is 0 Å². The zero-order chi connectivity index (χ0) is 18.9. The fraction of sp³-hybridized carbons (Fsp3) is 0.333. The van der Waals surface area contributed by atoms with Gasteiger partial charge >= 0.3 is 6.18 Å². The Morgan fingerprint density at radius 1 is 1.38 bits per heavy atom. The number of hydrogen-bond acceptors (Lipinski definition) is 5. The summed E-state index contributed by atoms with van der Waals surface area (Å²) < 4.78 is 38.7. The SMILES string of the molecule is Cc1nn(CC(F)(F)F)c(C)c1CC(=O)Nc1cn[nH]c1-c1nccs1. The number of nitrogens with one attached hydrogen (secondary N) is 2. The van der Waals surface area contributed by atoms with E-state index in [0.29, 0.717) is 33.3 Å². The summed E-state index contributed by atoms with van der Waals surface area (Å²) >= 11 is 1.39. The Morgan fingerprint density at radius 2 is 2.15 bits per heavy atom. The van der Waals surface area contributed by atoms with Crippen LogP contribution in [0.2, 0.25) is 0 Å². The lowest BCUT2D eigenvalue weighted by Crippen LogP contribution is -2.20. The number of hydrogen-bond donors (Lipinski definition) is 2. The molecule has 138 valence electrons. The van der Waals surface area contributed by atoms with Crippen LogP contribution in [0.25, 0.3) is 10.7 Å². The van der Waals surface area contributed by atoms with Crippen LogP contribution in [0.15, 0.2) is 17.8 Å². The van der Waals surface area contributed by atoms with Crippen molar-refractivity contribution < 1.29 is 18.0 Å². The number of alkyl halides is 3. The standard InChI is InChI=1S/C15H15F3N6OS/c1-8-10(9(2)24(23-8)7-15(16,17)18)5-12(25)21-11-6-20-22-13(11)14-19-3-4-26-14/h3-4,6H,5,7H2,1-2H3,(H,20,22)(H,21,25). The van der Waals surface area contributed by atoms with Crippen LogP contribution in [0, 0.1) is 13.8 Å². The normalized spacial score (nSPS) is 11.7. The maximum Gasteiger partial charge on any atom is 0.408 e. The van der Waals surface area contributed by atoms with E-state index in [2.05, 4.69) is 25.6 Å². The molecule has 0 bridgehead atoms. The Kier molecular flexibility index (Phi) is 4.81. The fourth-order valence-electron chi connectivity index (χ4n) is 2.56. The lowest BCUT2D eigenvalue weighted by atomic mass is 10.1. The Labute approximate surface area is 150 Å². The number of nitrogens with zero attached hydrogens (tertiary/aromatic N) is 4. The van der Waals surface area contributed by atoms with Crippen LogP contribution < -0.4 is 5.32 Å². The summed E-state index contributed by atoms with van der Waals surface area (Å²) in [6, 6.07) is 0. The summed E-state index contributed by atoms with van der Waals surface area (Å²) in [7, 11) is 0. The largest absolute Gasteiger partial charge is 0.408 e. The van der Waals surface area contributed by atoms with Gasteiger partial charge in [0.25, 0.3) is 0 Å². The van der Waals surface area contributed by atoms with E-state index in [1.165, 1.54) is 24.5 Å². The van der Waals surface area contributed by atoms with Gasteiger partial charge in [-0.15, -0.1) is 11.3 Å². The van der Waals surface area contributed by atoms with Gasteiger partial charge in [-0.2, -0.15) is 23.4 Å². The number of aryl methyl sites for hydroxylation is 1. The molecule has 3 aromatic rings. The van der Waals surface area contributed by atoms with E-state index < -0.39 is 12.7 Å². The van der Waals surface area contributed by atoms with E-state index in [4.69, 9.17) is 0 Å². The van der Waals surface area contributed by atoms with E-state index >= 15 is 0 Å². The van der Waals surface area contributed by atoms with Crippen LogP contribution in [-0.2, 0) is 17.8 Å². The molecule has 3 rings (SSSR count). The number of aromatic nitrogens is 5. The average molecular weight is 384 g/mol. The molecule has 0 aliphatic rings. The van der Waals surface area contributed by atoms with E-state index in [-0.39, 0.29) is 12.3 Å². The zero-order valence-electron chi connectivity index (χ0n) is 13.9. The summed E-state index contributed by atoms with van der Waals surface area (Å²) in [4.78, 5) is 16.5. The van der Waals surface area contributed by atoms with Crippen molar-refractivity contribution in [2.24, 2.45) is 0 Å². The third-order valence-electron chi connectivity index (χ3n) is 3.76. The second kappa shape index (κ2) is 6.90. The molecule has 2 N–H and O–H groups in total. The van der Waals surface area contributed by atoms with E-state index in [1.54, 1.807) is 18.5 Å². The molecule has 0 unspecified atom stereocenters. The van der Waals surface area contributed by atoms with E-state index in [1.807, 2.05) is 0 Å². The molecule has 1 amide bonds. The highest BCUT2D eigenvalue weighted by Crippen LogP contribution is 2.27. The molecule has 0 saturated carbocycles. The van der Waals surface area contributed by atoms with Crippen LogP contribution in [0.3, 0.4) is 0 Å². The molecule has 0 spiro atoms. The number of anilines is 1. The molecular formula is C15H15F3N6OS. The third kappa shape index (κ3) is 3.93. The topological polar surface area (TPSA) is 88.5 Å². The number of halogens is 3. The van der Waals surface area contributed by atoms with Crippen molar-refractivity contribution in [2.45, 2.75) is 33.0 Å². The summed E-state index contributed by atoms with van der Waals surface area (Å²) in [5.41, 5.74) is 2.24. The van der Waals surface area contributed by atoms with Gasteiger partial charge in [-0.3, -0.25) is 14.6 Å². The molecule has 0 aliphatic heterocycles. The summed E-state index contributed by atoms with van der Waals surface area (Å²) in [6.45, 7) is 1.92. The Bertz CT molecular complexity index is 913. The second-order valence-electron chi connectivity index (χ2n) is 5.64. The summed E-state index contributed by atoms with van der Waals surface area (Å²) in [6.07, 6.45) is -1.37. The number of aromatic amines is 1. The molecule has 0 atom stereocenters. The molecule has 7 nitrogen and oxygen atoms in total. The quantitative estimate of drug-likeness (QED) is 0.708. The van der Waals surface area contributed by atoms with Crippen molar-refractivity contribution in [3.8, 4) is 10.7 Å². The van der Waals surface area contributed by atoms with Gasteiger partial charge in [0, 0.05) is 22.8 Å². The molecule has 3 heterocycles. The minimum atomic E-state index is -4.37. The lowest BCUT2D eigenvalue weighted by molar-refractivity contribution is -0.142. The van der Waals surface area contributed by atoms with Crippen molar-refractivity contribution in [3.05, 3.63) is 34.7 Å². The predicted molar refractivity (Wildman–Crippen MR) is 89.8 cm³/mol. The van der Waals surface area contributed by atoms with Crippen molar-refractivity contribution >= 4 is 22.9 Å². The molecule has 0 saturated heterocycles. The van der Waals surface area contributed by atoms with Gasteiger partial charge in [0.1, 0.15) is 17.2 Å². The summed E-state index contributed by atoms with van der Waals surface area (Å²) in [5.74, 6) is -0.373. The van der Waals surface area contributed by atoms with Crippen LogP contribution >= 0.6 is 11.3 Å². The third-order valence-corrected chi connectivity index (χ3v) is 4.55. The first-order chi connectivity index (χ1) is 12.2. The summed E-state index contributed by atoms with van der Waals surface area (Å²) in [5, 5.41) is 15.7. The van der Waals surface area contributed by atoms with Crippen molar-refractivity contribution in [2.75, 3.05) is 5.32 Å². The van der Waals surface area contributed by atoms with Crippen LogP contribution in [0.4, 0.5) is 18.9 Å². The van der Waals surface area contributed by atoms with Crippen LogP contribution in [0.1, 0.15) is 17.0 Å². The molecule has 0 aromatic carbocycles. The molecule has 0 fully saturated rings.